The highest BCUT2D eigenvalue weighted by atomic mass is 16.6. The van der Waals surface area contributed by atoms with Gasteiger partial charge in [0.1, 0.15) is 6.10 Å². The summed E-state index contributed by atoms with van der Waals surface area (Å²) in [4.78, 5) is 28.4. The molecule has 2 atom stereocenters. The Morgan fingerprint density at radius 2 is 1.46 bits per heavy atom. The predicted molar refractivity (Wildman–Crippen MR) is 87.7 cm³/mol. The van der Waals surface area contributed by atoms with E-state index in [0.717, 1.165) is 11.1 Å². The van der Waals surface area contributed by atoms with Gasteiger partial charge < -0.3 is 4.74 Å². The number of ether oxygens (including phenoxy) is 1. The molecule has 0 N–H and O–H groups in total. The van der Waals surface area contributed by atoms with Gasteiger partial charge in [0.05, 0.1) is 19.5 Å². The third-order valence-electron chi connectivity index (χ3n) is 4.40. The first-order valence-corrected chi connectivity index (χ1v) is 8.06. The van der Waals surface area contributed by atoms with Crippen molar-refractivity contribution < 1.29 is 14.3 Å². The van der Waals surface area contributed by atoms with E-state index >= 15 is 0 Å². The lowest BCUT2D eigenvalue weighted by Gasteiger charge is -2.27. The minimum Gasteiger partial charge on any atom is -0.347 e. The number of epoxide rings is 1. The third-order valence-corrected chi connectivity index (χ3v) is 4.40. The van der Waals surface area contributed by atoms with Gasteiger partial charge in [0.15, 0.2) is 6.23 Å². The van der Waals surface area contributed by atoms with Gasteiger partial charge >= 0.3 is 6.03 Å². The van der Waals surface area contributed by atoms with Crippen LogP contribution in [0.2, 0.25) is 0 Å². The summed E-state index contributed by atoms with van der Waals surface area (Å²) in [5.74, 6) is -0.174. The Bertz CT molecular complexity index is 748. The fourth-order valence-electron chi connectivity index (χ4n) is 3.07. The number of fused-ring (bicyclic) bond motifs is 1. The molecule has 3 amide bonds. The van der Waals surface area contributed by atoms with Gasteiger partial charge in [0, 0.05) is 0 Å². The minimum atomic E-state index is -0.289. The maximum absolute atomic E-state index is 13.0. The maximum atomic E-state index is 13.0. The van der Waals surface area contributed by atoms with Gasteiger partial charge in [0.25, 0.3) is 0 Å². The first kappa shape index (κ1) is 14.9. The number of urea groups is 1. The molecule has 122 valence electrons. The monoisotopic (exact) mass is 322 g/mol. The lowest BCUT2D eigenvalue weighted by atomic mass is 10.2. The zero-order valence-corrected chi connectivity index (χ0v) is 13.2. The number of benzene rings is 2. The van der Waals surface area contributed by atoms with Gasteiger partial charge in [-0.15, -0.1) is 0 Å². The number of carbonyl (C=O) groups excluding carboxylic acids is 2. The zero-order chi connectivity index (χ0) is 16.5. The van der Waals surface area contributed by atoms with Gasteiger partial charge in [-0.2, -0.15) is 0 Å². The van der Waals surface area contributed by atoms with Crippen LogP contribution in [0, 0.1) is 0 Å². The molecule has 0 bridgehead atoms. The van der Waals surface area contributed by atoms with Crippen molar-refractivity contribution in [3.63, 3.8) is 0 Å². The van der Waals surface area contributed by atoms with Crippen LogP contribution >= 0.6 is 0 Å². The number of rotatable bonds is 4. The largest absolute Gasteiger partial charge is 0.347 e. The second kappa shape index (κ2) is 6.09. The number of amides is 3. The van der Waals surface area contributed by atoms with Crippen molar-refractivity contribution in [3.8, 4) is 0 Å². The fourth-order valence-corrected chi connectivity index (χ4v) is 3.07. The smallest absolute Gasteiger partial charge is 0.329 e. The number of hydrogen-bond acceptors (Lipinski definition) is 3. The Hall–Kier alpha value is -2.66. The number of imide groups is 1. The quantitative estimate of drug-likeness (QED) is 0.813. The van der Waals surface area contributed by atoms with E-state index in [0.29, 0.717) is 13.1 Å². The van der Waals surface area contributed by atoms with Crippen molar-refractivity contribution in [1.82, 2.24) is 9.80 Å². The van der Waals surface area contributed by atoms with Crippen LogP contribution in [-0.4, -0.2) is 34.1 Å². The van der Waals surface area contributed by atoms with Gasteiger partial charge in [0.2, 0.25) is 5.91 Å². The summed E-state index contributed by atoms with van der Waals surface area (Å²) in [7, 11) is 0. The Kier molecular flexibility index (Phi) is 3.78. The molecule has 4 rings (SSSR count). The van der Waals surface area contributed by atoms with Gasteiger partial charge in [-0.3, -0.25) is 14.6 Å². The van der Waals surface area contributed by atoms with Gasteiger partial charge in [-0.1, -0.05) is 60.7 Å². The maximum Gasteiger partial charge on any atom is 0.329 e. The van der Waals surface area contributed by atoms with Crippen molar-refractivity contribution in [1.29, 1.82) is 0 Å². The highest BCUT2D eigenvalue weighted by Crippen LogP contribution is 2.35. The second-order valence-electron chi connectivity index (χ2n) is 6.13. The van der Waals surface area contributed by atoms with Crippen LogP contribution < -0.4 is 0 Å². The normalized spacial score (nSPS) is 23.0. The molecule has 2 aromatic rings. The Morgan fingerprint density at radius 1 is 0.875 bits per heavy atom. The van der Waals surface area contributed by atoms with Crippen molar-refractivity contribution >= 4 is 11.9 Å². The second-order valence-corrected chi connectivity index (χ2v) is 6.13. The van der Waals surface area contributed by atoms with E-state index in [1.165, 1.54) is 4.90 Å². The summed E-state index contributed by atoms with van der Waals surface area (Å²) in [6.07, 6.45) is -0.206. The minimum absolute atomic E-state index is 0.174. The van der Waals surface area contributed by atoms with Gasteiger partial charge in [-0.05, 0) is 11.1 Å². The molecule has 2 aromatic carbocycles. The van der Waals surface area contributed by atoms with E-state index in [-0.39, 0.29) is 30.7 Å². The summed E-state index contributed by atoms with van der Waals surface area (Å²) >= 11 is 0. The fraction of sp³-hybridized carbons (Fsp3) is 0.263. The van der Waals surface area contributed by atoms with Gasteiger partial charge in [-0.25, -0.2) is 4.79 Å². The Labute approximate surface area is 140 Å². The van der Waals surface area contributed by atoms with Crippen LogP contribution in [0.5, 0.6) is 0 Å². The van der Waals surface area contributed by atoms with E-state index in [9.17, 15) is 9.59 Å². The van der Waals surface area contributed by atoms with Crippen LogP contribution in [-0.2, 0) is 22.6 Å². The average molecular weight is 322 g/mol. The molecule has 2 heterocycles. The molecule has 0 aliphatic carbocycles. The lowest BCUT2D eigenvalue weighted by molar-refractivity contribution is -0.129. The molecule has 0 spiro atoms. The van der Waals surface area contributed by atoms with Crippen LogP contribution in [0.4, 0.5) is 4.79 Å². The molecule has 0 radical (unpaired) electrons. The highest BCUT2D eigenvalue weighted by Gasteiger charge is 2.52. The highest BCUT2D eigenvalue weighted by molar-refractivity contribution is 5.96. The van der Waals surface area contributed by atoms with Crippen molar-refractivity contribution in [2.45, 2.75) is 31.8 Å². The standard InChI is InChI=1S/C19H18N2O3/c22-17-11-16-18(24-16)21(13-15-9-5-2-6-10-15)19(23)20(17)12-14-7-3-1-4-8-14/h1-10,16,18H,11-13H2. The summed E-state index contributed by atoms with van der Waals surface area (Å²) in [6, 6.07) is 19.1. The van der Waals surface area contributed by atoms with Crippen LogP contribution in [0.1, 0.15) is 17.5 Å². The van der Waals surface area contributed by atoms with Crippen molar-refractivity contribution in [2.24, 2.45) is 0 Å². The third kappa shape index (κ3) is 2.90. The Balaban J connectivity index is 1.58. The lowest BCUT2D eigenvalue weighted by Crippen LogP contribution is -2.44. The van der Waals surface area contributed by atoms with Crippen LogP contribution in [0.15, 0.2) is 60.7 Å². The van der Waals surface area contributed by atoms with Crippen molar-refractivity contribution in [2.75, 3.05) is 0 Å². The molecule has 2 aliphatic rings. The molecule has 0 aromatic heterocycles. The van der Waals surface area contributed by atoms with E-state index in [4.69, 9.17) is 4.74 Å². The molecular formula is C19H18N2O3. The number of nitrogens with zero attached hydrogens (tertiary/aromatic N) is 2. The first-order chi connectivity index (χ1) is 11.7. The number of hydrogen-bond donors (Lipinski definition) is 0. The van der Waals surface area contributed by atoms with E-state index in [2.05, 4.69) is 0 Å². The van der Waals surface area contributed by atoms with E-state index in [1.807, 2.05) is 60.7 Å². The van der Waals surface area contributed by atoms with Crippen LogP contribution in [0.3, 0.4) is 0 Å². The molecule has 24 heavy (non-hydrogen) atoms. The molecular weight excluding hydrogens is 304 g/mol. The molecule has 2 saturated heterocycles. The van der Waals surface area contributed by atoms with E-state index in [1.54, 1.807) is 4.90 Å². The van der Waals surface area contributed by atoms with Crippen molar-refractivity contribution in [3.05, 3.63) is 71.8 Å². The SMILES string of the molecule is O=C1CC2OC2N(Cc2ccccc2)C(=O)N1Cc1ccccc1. The zero-order valence-electron chi connectivity index (χ0n) is 13.2. The summed E-state index contributed by atoms with van der Waals surface area (Å²) < 4.78 is 5.54. The summed E-state index contributed by atoms with van der Waals surface area (Å²) in [5, 5.41) is 0. The molecule has 5 nitrogen and oxygen atoms in total. The summed E-state index contributed by atoms with van der Waals surface area (Å²) in [6.45, 7) is 0.739. The average Bonchev–Trinajstić information content (AvgIpc) is 3.37. The molecule has 0 saturated carbocycles. The first-order valence-electron chi connectivity index (χ1n) is 8.06. The molecule has 2 fully saturated rings. The van der Waals surface area contributed by atoms with E-state index < -0.39 is 0 Å². The predicted octanol–water partition coefficient (Wildman–Crippen LogP) is 2.77. The number of carbonyl (C=O) groups is 2. The molecule has 2 unspecified atom stereocenters. The summed E-state index contributed by atoms with van der Waals surface area (Å²) in [5.41, 5.74) is 1.96. The Morgan fingerprint density at radius 3 is 2.08 bits per heavy atom. The van der Waals surface area contributed by atoms with Crippen LogP contribution in [0.25, 0.3) is 0 Å². The topological polar surface area (TPSA) is 53.2 Å². The molecule has 2 aliphatic heterocycles. The molecule has 5 heteroatoms.